The number of morpholine rings is 1. The van der Waals surface area contributed by atoms with Crippen LogP contribution in [0.5, 0.6) is 0 Å². The fourth-order valence-electron chi connectivity index (χ4n) is 2.00. The Balaban J connectivity index is 2.10. The van der Waals surface area contributed by atoms with E-state index in [4.69, 9.17) is 16.3 Å². The van der Waals surface area contributed by atoms with Gasteiger partial charge in [0.25, 0.3) is 0 Å². The first kappa shape index (κ1) is 14.1. The molecule has 0 aliphatic carbocycles. The molecule has 2 amide bonds. The zero-order valence-corrected chi connectivity index (χ0v) is 11.6. The number of rotatable bonds is 1. The summed E-state index contributed by atoms with van der Waals surface area (Å²) in [7, 11) is 0. The van der Waals surface area contributed by atoms with Gasteiger partial charge in [-0.2, -0.15) is 0 Å². The highest BCUT2D eigenvalue weighted by atomic mass is 35.5. The van der Waals surface area contributed by atoms with Gasteiger partial charge in [-0.15, -0.1) is 0 Å². The van der Waals surface area contributed by atoms with Crippen molar-refractivity contribution in [3.63, 3.8) is 0 Å². The second kappa shape index (κ2) is 5.75. The van der Waals surface area contributed by atoms with E-state index in [0.717, 1.165) is 0 Å². The van der Waals surface area contributed by atoms with Gasteiger partial charge in [0.1, 0.15) is 5.82 Å². The lowest BCUT2D eigenvalue weighted by Crippen LogP contribution is -2.52. The number of carbonyl (C=O) groups excluding carboxylic acids is 1. The maximum atomic E-state index is 13.1. The first-order valence-corrected chi connectivity index (χ1v) is 6.51. The van der Waals surface area contributed by atoms with Crippen LogP contribution in [0.3, 0.4) is 0 Å². The summed E-state index contributed by atoms with van der Waals surface area (Å²) in [4.78, 5) is 13.8. The number of urea groups is 1. The minimum Gasteiger partial charge on any atom is -0.375 e. The van der Waals surface area contributed by atoms with Crippen LogP contribution < -0.4 is 5.32 Å². The number of hydrogen-bond donors (Lipinski definition) is 1. The second-order valence-electron chi connectivity index (χ2n) is 4.56. The van der Waals surface area contributed by atoms with Gasteiger partial charge in [-0.05, 0) is 32.0 Å². The Morgan fingerprint density at radius 1 is 1.53 bits per heavy atom. The summed E-state index contributed by atoms with van der Waals surface area (Å²) in [6.45, 7) is 4.83. The van der Waals surface area contributed by atoms with Gasteiger partial charge in [0, 0.05) is 6.54 Å². The Hall–Kier alpha value is -1.33. The number of ether oxygens (including phenoxy) is 1. The van der Waals surface area contributed by atoms with Crippen molar-refractivity contribution in [1.82, 2.24) is 4.90 Å². The molecule has 0 bridgehead atoms. The maximum absolute atomic E-state index is 13.1. The van der Waals surface area contributed by atoms with Gasteiger partial charge in [-0.25, -0.2) is 9.18 Å². The summed E-state index contributed by atoms with van der Waals surface area (Å²) < 4.78 is 18.6. The topological polar surface area (TPSA) is 41.6 Å². The van der Waals surface area contributed by atoms with Crippen LogP contribution in [0.1, 0.15) is 13.8 Å². The summed E-state index contributed by atoms with van der Waals surface area (Å²) >= 11 is 5.92. The third kappa shape index (κ3) is 3.16. The first-order chi connectivity index (χ1) is 8.99. The number of nitrogens with one attached hydrogen (secondary N) is 1. The van der Waals surface area contributed by atoms with Crippen molar-refractivity contribution in [3.05, 3.63) is 29.0 Å². The molecule has 1 fully saturated rings. The molecular formula is C13H16ClFN2O2. The van der Waals surface area contributed by atoms with Gasteiger partial charge in [0.15, 0.2) is 0 Å². The minimum atomic E-state index is -0.442. The number of nitrogens with zero attached hydrogens (tertiary/aromatic N) is 1. The molecule has 0 spiro atoms. The molecule has 0 saturated carbocycles. The van der Waals surface area contributed by atoms with E-state index < -0.39 is 5.82 Å². The molecule has 2 atom stereocenters. The summed E-state index contributed by atoms with van der Waals surface area (Å²) in [6, 6.07) is 3.53. The average Bonchev–Trinajstić information content (AvgIpc) is 2.37. The van der Waals surface area contributed by atoms with E-state index in [-0.39, 0.29) is 23.9 Å². The highest BCUT2D eigenvalue weighted by Gasteiger charge is 2.29. The summed E-state index contributed by atoms with van der Waals surface area (Å²) in [5.41, 5.74) is 0.276. The van der Waals surface area contributed by atoms with Crippen LogP contribution in [-0.2, 0) is 4.74 Å². The lowest BCUT2D eigenvalue weighted by molar-refractivity contribution is -0.0355. The highest BCUT2D eigenvalue weighted by molar-refractivity contribution is 6.33. The van der Waals surface area contributed by atoms with Crippen LogP contribution in [0.2, 0.25) is 5.02 Å². The van der Waals surface area contributed by atoms with Crippen molar-refractivity contribution in [1.29, 1.82) is 0 Å². The number of carbonyl (C=O) groups is 1. The first-order valence-electron chi connectivity index (χ1n) is 6.13. The molecule has 2 rings (SSSR count). The van der Waals surface area contributed by atoms with Crippen LogP contribution in [0.15, 0.2) is 18.2 Å². The molecule has 0 radical (unpaired) electrons. The van der Waals surface area contributed by atoms with E-state index >= 15 is 0 Å². The van der Waals surface area contributed by atoms with Crippen LogP contribution >= 0.6 is 11.6 Å². The van der Waals surface area contributed by atoms with Crippen LogP contribution in [0, 0.1) is 5.82 Å². The summed E-state index contributed by atoms with van der Waals surface area (Å²) in [6.07, 6.45) is -0.0255. The predicted octanol–water partition coefficient (Wildman–Crippen LogP) is 3.12. The van der Waals surface area contributed by atoms with E-state index in [1.807, 2.05) is 13.8 Å². The van der Waals surface area contributed by atoms with Gasteiger partial charge < -0.3 is 15.0 Å². The summed E-state index contributed by atoms with van der Waals surface area (Å²) in [5, 5.41) is 2.94. The number of amides is 2. The molecule has 0 unspecified atom stereocenters. The Bertz CT molecular complexity index is 484. The van der Waals surface area contributed by atoms with Crippen LogP contribution in [0.25, 0.3) is 0 Å². The lowest BCUT2D eigenvalue weighted by Gasteiger charge is -2.37. The van der Waals surface area contributed by atoms with E-state index in [2.05, 4.69) is 5.32 Å². The quantitative estimate of drug-likeness (QED) is 0.862. The average molecular weight is 287 g/mol. The third-order valence-electron chi connectivity index (χ3n) is 3.31. The standard InChI is InChI=1S/C13H16ClFN2O2/c1-8-9(2)19-6-5-17(8)13(18)16-12-7-10(15)3-4-11(12)14/h3-4,7-9H,5-6H2,1-2H3,(H,16,18)/t8-,9+/m1/s1. The minimum absolute atomic E-state index is 0.0255. The van der Waals surface area contributed by atoms with E-state index in [1.165, 1.54) is 18.2 Å². The Morgan fingerprint density at radius 2 is 2.26 bits per heavy atom. The van der Waals surface area contributed by atoms with Crippen molar-refractivity contribution in [2.45, 2.75) is 26.0 Å². The maximum Gasteiger partial charge on any atom is 0.322 e. The molecule has 1 aromatic rings. The third-order valence-corrected chi connectivity index (χ3v) is 3.64. The monoisotopic (exact) mass is 286 g/mol. The van der Waals surface area contributed by atoms with Crippen LogP contribution in [-0.4, -0.2) is 36.2 Å². The fourth-order valence-corrected chi connectivity index (χ4v) is 2.16. The molecule has 0 aromatic heterocycles. The largest absolute Gasteiger partial charge is 0.375 e. The highest BCUT2D eigenvalue weighted by Crippen LogP contribution is 2.23. The Labute approximate surface area is 116 Å². The zero-order chi connectivity index (χ0) is 14.0. The summed E-state index contributed by atoms with van der Waals surface area (Å²) in [5.74, 6) is -0.442. The molecule has 1 saturated heterocycles. The molecule has 104 valence electrons. The van der Waals surface area contributed by atoms with E-state index in [0.29, 0.717) is 18.2 Å². The normalized spacial score (nSPS) is 23.3. The van der Waals surface area contributed by atoms with Crippen molar-refractivity contribution in [3.8, 4) is 0 Å². The predicted molar refractivity (Wildman–Crippen MR) is 72.0 cm³/mol. The molecule has 1 aromatic carbocycles. The molecule has 4 nitrogen and oxygen atoms in total. The van der Waals surface area contributed by atoms with Crippen molar-refractivity contribution >= 4 is 23.3 Å². The smallest absolute Gasteiger partial charge is 0.322 e. The SMILES string of the molecule is C[C@@H]1OCCN(C(=O)Nc2cc(F)ccc2Cl)[C@@H]1C. The molecule has 1 N–H and O–H groups in total. The molecular weight excluding hydrogens is 271 g/mol. The molecule has 6 heteroatoms. The van der Waals surface area contributed by atoms with Gasteiger partial charge in [-0.3, -0.25) is 0 Å². The molecule has 1 aliphatic rings. The van der Waals surface area contributed by atoms with Crippen LogP contribution in [0.4, 0.5) is 14.9 Å². The van der Waals surface area contributed by atoms with Gasteiger partial charge in [-0.1, -0.05) is 11.6 Å². The molecule has 19 heavy (non-hydrogen) atoms. The number of anilines is 1. The second-order valence-corrected chi connectivity index (χ2v) is 4.97. The number of benzene rings is 1. The van der Waals surface area contributed by atoms with Crippen molar-refractivity contribution in [2.24, 2.45) is 0 Å². The van der Waals surface area contributed by atoms with Gasteiger partial charge in [0.05, 0.1) is 29.5 Å². The number of hydrogen-bond acceptors (Lipinski definition) is 2. The number of halogens is 2. The molecule has 1 heterocycles. The fraction of sp³-hybridized carbons (Fsp3) is 0.462. The zero-order valence-electron chi connectivity index (χ0n) is 10.8. The lowest BCUT2D eigenvalue weighted by atomic mass is 10.1. The molecule has 1 aliphatic heterocycles. The van der Waals surface area contributed by atoms with Gasteiger partial charge in [0.2, 0.25) is 0 Å². The Morgan fingerprint density at radius 3 is 3.00 bits per heavy atom. The van der Waals surface area contributed by atoms with Gasteiger partial charge >= 0.3 is 6.03 Å². The van der Waals surface area contributed by atoms with Crippen molar-refractivity contribution in [2.75, 3.05) is 18.5 Å². The van der Waals surface area contributed by atoms with E-state index in [1.54, 1.807) is 4.90 Å². The Kier molecular flexibility index (Phi) is 4.27. The van der Waals surface area contributed by atoms with E-state index in [9.17, 15) is 9.18 Å². The van der Waals surface area contributed by atoms with Crippen molar-refractivity contribution < 1.29 is 13.9 Å².